The van der Waals surface area contributed by atoms with E-state index in [-0.39, 0.29) is 18.4 Å². The highest BCUT2D eigenvalue weighted by molar-refractivity contribution is 5.92. The second-order valence-electron chi connectivity index (χ2n) is 6.82. The Morgan fingerprint density at radius 3 is 1.92 bits per heavy atom. The molecule has 0 fully saturated rings. The number of hydrogen-bond donors (Lipinski definition) is 5. The molecular weight excluding hydrogens is 328 g/mol. The molecule has 0 aromatic carbocycles. The maximum Gasteiger partial charge on any atom is 0.326 e. The van der Waals surface area contributed by atoms with Crippen LogP contribution in [0.25, 0.3) is 0 Å². The van der Waals surface area contributed by atoms with Gasteiger partial charge in [-0.2, -0.15) is 0 Å². The third-order valence-electron chi connectivity index (χ3n) is 3.43. The first-order chi connectivity index (χ1) is 11.5. The van der Waals surface area contributed by atoms with Gasteiger partial charge in [-0.1, -0.05) is 27.7 Å². The van der Waals surface area contributed by atoms with Gasteiger partial charge in [0.05, 0.1) is 12.6 Å². The van der Waals surface area contributed by atoms with Crippen LogP contribution in [0.15, 0.2) is 0 Å². The predicted molar refractivity (Wildman–Crippen MR) is 92.4 cm³/mol. The van der Waals surface area contributed by atoms with Gasteiger partial charge in [-0.15, -0.1) is 0 Å². The monoisotopic (exact) mass is 358 g/mol. The summed E-state index contributed by atoms with van der Waals surface area (Å²) in [7, 11) is 0. The summed E-state index contributed by atoms with van der Waals surface area (Å²) in [5.74, 6) is -2.90. The van der Waals surface area contributed by atoms with Crippen molar-refractivity contribution in [3.63, 3.8) is 0 Å². The molecule has 0 aliphatic rings. The molecule has 144 valence electrons. The molecule has 0 radical (unpaired) electrons. The fraction of sp³-hybridized carbons (Fsp3) is 0.750. The van der Waals surface area contributed by atoms with Crippen molar-refractivity contribution in [2.75, 3.05) is 6.54 Å². The van der Waals surface area contributed by atoms with E-state index in [0.717, 1.165) is 0 Å². The minimum Gasteiger partial charge on any atom is -0.480 e. The van der Waals surface area contributed by atoms with Gasteiger partial charge in [-0.3, -0.25) is 14.4 Å². The Morgan fingerprint density at radius 1 is 0.960 bits per heavy atom. The fourth-order valence-electron chi connectivity index (χ4n) is 2.03. The van der Waals surface area contributed by atoms with Crippen LogP contribution in [0, 0.1) is 11.8 Å². The Bertz CT molecular complexity index is 491. The van der Waals surface area contributed by atoms with Crippen LogP contribution in [0.4, 0.5) is 0 Å². The molecule has 0 rings (SSSR count). The van der Waals surface area contributed by atoms with Crippen LogP contribution in [0.5, 0.6) is 0 Å². The number of hydrogen-bond acceptors (Lipinski definition) is 5. The van der Waals surface area contributed by atoms with Crippen molar-refractivity contribution in [3.8, 4) is 0 Å². The molecule has 0 saturated carbocycles. The van der Waals surface area contributed by atoms with Gasteiger partial charge in [0.15, 0.2) is 0 Å². The van der Waals surface area contributed by atoms with Crippen LogP contribution in [0.2, 0.25) is 0 Å². The normalized spacial score (nSPS) is 14.6. The lowest BCUT2D eigenvalue weighted by Crippen LogP contribution is -2.53. The van der Waals surface area contributed by atoms with Crippen LogP contribution >= 0.6 is 0 Å². The second-order valence-corrected chi connectivity index (χ2v) is 6.82. The fourth-order valence-corrected chi connectivity index (χ4v) is 2.03. The molecule has 0 heterocycles. The molecule has 9 heteroatoms. The van der Waals surface area contributed by atoms with Crippen molar-refractivity contribution in [3.05, 3.63) is 0 Å². The maximum absolute atomic E-state index is 12.2. The number of amides is 3. The molecule has 0 aromatic rings. The number of aliphatic carboxylic acids is 1. The van der Waals surface area contributed by atoms with E-state index < -0.39 is 41.8 Å². The minimum absolute atomic E-state index is 0.135. The first-order valence-electron chi connectivity index (χ1n) is 8.31. The van der Waals surface area contributed by atoms with Gasteiger partial charge in [0.2, 0.25) is 17.7 Å². The number of rotatable bonds is 10. The Labute approximate surface area is 148 Å². The van der Waals surface area contributed by atoms with E-state index in [1.165, 1.54) is 6.92 Å². The van der Waals surface area contributed by atoms with Crippen molar-refractivity contribution in [2.45, 2.75) is 59.2 Å². The lowest BCUT2D eigenvalue weighted by atomic mass is 10.0. The van der Waals surface area contributed by atoms with E-state index in [0.29, 0.717) is 6.42 Å². The molecule has 0 aliphatic carbocycles. The van der Waals surface area contributed by atoms with E-state index in [1.54, 1.807) is 13.8 Å². The van der Waals surface area contributed by atoms with Gasteiger partial charge in [0, 0.05) is 0 Å². The highest BCUT2D eigenvalue weighted by Gasteiger charge is 2.26. The van der Waals surface area contributed by atoms with Crippen LogP contribution in [0.3, 0.4) is 0 Å². The van der Waals surface area contributed by atoms with Crippen LogP contribution in [0.1, 0.15) is 41.0 Å². The maximum atomic E-state index is 12.2. The molecular formula is C16H30N4O5. The molecule has 25 heavy (non-hydrogen) atoms. The number of nitrogens with one attached hydrogen (secondary N) is 3. The minimum atomic E-state index is -1.14. The van der Waals surface area contributed by atoms with Crippen LogP contribution in [-0.2, 0) is 19.2 Å². The lowest BCUT2D eigenvalue weighted by Gasteiger charge is -2.22. The van der Waals surface area contributed by atoms with Crippen molar-refractivity contribution in [1.82, 2.24) is 16.0 Å². The van der Waals surface area contributed by atoms with Crippen molar-refractivity contribution >= 4 is 23.7 Å². The van der Waals surface area contributed by atoms with Gasteiger partial charge in [-0.25, -0.2) is 4.79 Å². The molecule has 3 atom stereocenters. The summed E-state index contributed by atoms with van der Waals surface area (Å²) in [4.78, 5) is 46.9. The Balaban J connectivity index is 4.70. The Morgan fingerprint density at radius 2 is 1.52 bits per heavy atom. The van der Waals surface area contributed by atoms with Gasteiger partial charge in [0.25, 0.3) is 0 Å². The molecule has 9 nitrogen and oxygen atoms in total. The molecule has 3 unspecified atom stereocenters. The van der Waals surface area contributed by atoms with Crippen LogP contribution < -0.4 is 21.7 Å². The summed E-state index contributed by atoms with van der Waals surface area (Å²) >= 11 is 0. The summed E-state index contributed by atoms with van der Waals surface area (Å²) in [6.45, 7) is 8.25. The van der Waals surface area contributed by atoms with E-state index in [2.05, 4.69) is 16.0 Å². The van der Waals surface area contributed by atoms with E-state index in [4.69, 9.17) is 10.8 Å². The second kappa shape index (κ2) is 10.7. The number of carboxylic acids is 1. The molecule has 3 amide bonds. The highest BCUT2D eigenvalue weighted by atomic mass is 16.4. The molecule has 0 aliphatic heterocycles. The predicted octanol–water partition coefficient (Wildman–Crippen LogP) is -0.794. The first-order valence-corrected chi connectivity index (χ1v) is 8.31. The summed E-state index contributed by atoms with van der Waals surface area (Å²) in [6, 6.07) is -2.60. The Kier molecular flexibility index (Phi) is 9.73. The SMILES string of the molecule is CC(C)CC(NC(=O)C(C)N)C(=O)NCC(=O)NC(C(=O)O)C(C)C. The van der Waals surface area contributed by atoms with E-state index in [9.17, 15) is 19.2 Å². The summed E-state index contributed by atoms with van der Waals surface area (Å²) in [6.07, 6.45) is 0.385. The zero-order valence-electron chi connectivity index (χ0n) is 15.5. The van der Waals surface area contributed by atoms with Crippen LogP contribution in [-0.4, -0.2) is 53.5 Å². The third kappa shape index (κ3) is 9.04. The van der Waals surface area contributed by atoms with E-state index in [1.807, 2.05) is 13.8 Å². The van der Waals surface area contributed by atoms with Gasteiger partial charge in [0.1, 0.15) is 12.1 Å². The number of carbonyl (C=O) groups is 4. The molecule has 0 spiro atoms. The van der Waals surface area contributed by atoms with E-state index >= 15 is 0 Å². The number of nitrogens with two attached hydrogens (primary N) is 1. The number of carbonyl (C=O) groups excluding carboxylic acids is 3. The van der Waals surface area contributed by atoms with Gasteiger partial charge >= 0.3 is 5.97 Å². The third-order valence-corrected chi connectivity index (χ3v) is 3.43. The van der Waals surface area contributed by atoms with Gasteiger partial charge < -0.3 is 26.8 Å². The molecule has 0 saturated heterocycles. The molecule has 0 bridgehead atoms. The zero-order chi connectivity index (χ0) is 19.7. The van der Waals surface area contributed by atoms with Gasteiger partial charge in [-0.05, 0) is 25.2 Å². The topological polar surface area (TPSA) is 151 Å². The van der Waals surface area contributed by atoms with Crippen molar-refractivity contribution in [1.29, 1.82) is 0 Å². The summed E-state index contributed by atoms with van der Waals surface area (Å²) in [5, 5.41) is 16.4. The summed E-state index contributed by atoms with van der Waals surface area (Å²) in [5.41, 5.74) is 5.49. The quantitative estimate of drug-likeness (QED) is 0.345. The lowest BCUT2D eigenvalue weighted by molar-refractivity contribution is -0.143. The average molecular weight is 358 g/mol. The zero-order valence-corrected chi connectivity index (χ0v) is 15.5. The average Bonchev–Trinajstić information content (AvgIpc) is 2.48. The van der Waals surface area contributed by atoms with Crippen molar-refractivity contribution in [2.24, 2.45) is 17.6 Å². The standard InChI is InChI=1S/C16H30N4O5/c1-8(2)6-11(19-14(22)10(5)17)15(23)18-7-12(21)20-13(9(3)4)16(24)25/h8-11,13H,6-7,17H2,1-5H3,(H,18,23)(H,19,22)(H,20,21)(H,24,25). The van der Waals surface area contributed by atoms with Crippen molar-refractivity contribution < 1.29 is 24.3 Å². The number of carboxylic acid groups (broad SMARTS) is 1. The largest absolute Gasteiger partial charge is 0.480 e. The Hall–Kier alpha value is -2.16. The highest BCUT2D eigenvalue weighted by Crippen LogP contribution is 2.05. The molecule has 0 aromatic heterocycles. The summed E-state index contributed by atoms with van der Waals surface area (Å²) < 4.78 is 0. The first kappa shape index (κ1) is 22.8. The smallest absolute Gasteiger partial charge is 0.326 e. The molecule has 6 N–H and O–H groups in total.